The van der Waals surface area contributed by atoms with Gasteiger partial charge < -0.3 is 0 Å². The van der Waals surface area contributed by atoms with Crippen LogP contribution >= 0.6 is 0 Å². The molecule has 1 heteroatoms. The Labute approximate surface area is 121 Å². The minimum absolute atomic E-state index is 0.770. The summed E-state index contributed by atoms with van der Waals surface area (Å²) in [6.07, 6.45) is 2.42. The summed E-state index contributed by atoms with van der Waals surface area (Å²) in [6.45, 7) is 5.24. The van der Waals surface area contributed by atoms with E-state index in [1.165, 1.54) is 40.8 Å². The van der Waals surface area contributed by atoms with Gasteiger partial charge in [-0.1, -0.05) is 55.5 Å². The molecule has 2 aromatic rings. The second-order valence-corrected chi connectivity index (χ2v) is 5.84. The van der Waals surface area contributed by atoms with Crippen molar-refractivity contribution < 1.29 is 0 Å². The van der Waals surface area contributed by atoms with Crippen LogP contribution in [0.2, 0.25) is 0 Å². The van der Waals surface area contributed by atoms with Crippen LogP contribution in [0.1, 0.15) is 36.1 Å². The van der Waals surface area contributed by atoms with E-state index in [1.54, 1.807) is 0 Å². The number of hydrogen-bond donors (Lipinski definition) is 0. The molecule has 0 aromatic heterocycles. The first-order valence-electron chi connectivity index (χ1n) is 7.40. The molecule has 1 nitrogen and oxygen atoms in total. The van der Waals surface area contributed by atoms with Gasteiger partial charge in [0.1, 0.15) is 0 Å². The lowest BCUT2D eigenvalue weighted by Gasteiger charge is -2.08. The summed E-state index contributed by atoms with van der Waals surface area (Å²) in [5.41, 5.74) is 6.83. The molecule has 0 heterocycles. The predicted octanol–water partition coefficient (Wildman–Crippen LogP) is 4.43. The molecule has 0 fully saturated rings. The van der Waals surface area contributed by atoms with Gasteiger partial charge in [-0.25, -0.2) is 0 Å². The molecule has 0 saturated carbocycles. The third kappa shape index (κ3) is 2.67. The summed E-state index contributed by atoms with van der Waals surface area (Å²) in [7, 11) is 0. The van der Waals surface area contributed by atoms with Crippen LogP contribution < -0.4 is 0 Å². The second-order valence-electron chi connectivity index (χ2n) is 5.84. The summed E-state index contributed by atoms with van der Waals surface area (Å²) in [5.74, 6) is 0.771. The lowest BCUT2D eigenvalue weighted by molar-refractivity contribution is 0.627. The molecule has 0 N–H and O–H groups in total. The number of hydrogen-bond acceptors (Lipinski definition) is 1. The van der Waals surface area contributed by atoms with Crippen LogP contribution in [0.3, 0.4) is 0 Å². The van der Waals surface area contributed by atoms with Gasteiger partial charge in [-0.3, -0.25) is 4.99 Å². The predicted molar refractivity (Wildman–Crippen MR) is 85.4 cm³/mol. The molecule has 1 unspecified atom stereocenters. The van der Waals surface area contributed by atoms with Gasteiger partial charge in [-0.05, 0) is 47.9 Å². The molecule has 1 aliphatic carbocycles. The summed E-state index contributed by atoms with van der Waals surface area (Å²) in [5, 5.41) is 0. The van der Waals surface area contributed by atoms with Crippen LogP contribution in [-0.2, 0) is 19.4 Å². The SMILES string of the molecule is CC(=NCc1ccccc1)c1cccc2c1CC(C)C2. The standard InChI is InChI=1S/C19H21N/c1-14-11-17-9-6-10-18(19(17)12-14)15(2)20-13-16-7-4-3-5-8-16/h3-10,14H,11-13H2,1-2H3. The van der Waals surface area contributed by atoms with Gasteiger partial charge in [-0.2, -0.15) is 0 Å². The van der Waals surface area contributed by atoms with Gasteiger partial charge in [0.2, 0.25) is 0 Å². The van der Waals surface area contributed by atoms with Gasteiger partial charge in [0, 0.05) is 5.71 Å². The highest BCUT2D eigenvalue weighted by atomic mass is 14.7. The van der Waals surface area contributed by atoms with E-state index in [4.69, 9.17) is 4.99 Å². The Balaban J connectivity index is 1.85. The van der Waals surface area contributed by atoms with Gasteiger partial charge in [0.25, 0.3) is 0 Å². The van der Waals surface area contributed by atoms with Crippen molar-refractivity contribution in [3.63, 3.8) is 0 Å². The van der Waals surface area contributed by atoms with Crippen LogP contribution in [-0.4, -0.2) is 5.71 Å². The highest BCUT2D eigenvalue weighted by molar-refractivity contribution is 6.00. The Morgan fingerprint density at radius 2 is 1.85 bits per heavy atom. The second kappa shape index (κ2) is 5.62. The van der Waals surface area contributed by atoms with E-state index in [2.05, 4.69) is 56.3 Å². The Morgan fingerprint density at radius 3 is 2.65 bits per heavy atom. The molecule has 0 amide bonds. The quantitative estimate of drug-likeness (QED) is 0.726. The Bertz CT molecular complexity index is 625. The normalized spacial score (nSPS) is 18.1. The Kier molecular flexibility index (Phi) is 3.68. The summed E-state index contributed by atoms with van der Waals surface area (Å²) < 4.78 is 0. The van der Waals surface area contributed by atoms with E-state index in [0.29, 0.717) is 0 Å². The fourth-order valence-corrected chi connectivity index (χ4v) is 3.08. The minimum Gasteiger partial charge on any atom is -0.285 e. The zero-order valence-electron chi connectivity index (χ0n) is 12.3. The van der Waals surface area contributed by atoms with E-state index in [-0.39, 0.29) is 0 Å². The first-order valence-corrected chi connectivity index (χ1v) is 7.40. The Hall–Kier alpha value is -1.89. The molecule has 1 atom stereocenters. The number of aliphatic imine (C=N–C) groups is 1. The molecule has 102 valence electrons. The molecule has 2 aromatic carbocycles. The summed E-state index contributed by atoms with van der Waals surface area (Å²) in [6, 6.07) is 17.1. The van der Waals surface area contributed by atoms with Crippen molar-refractivity contribution in [2.45, 2.75) is 33.2 Å². The maximum Gasteiger partial charge on any atom is 0.0643 e. The maximum absolute atomic E-state index is 4.78. The van der Waals surface area contributed by atoms with Crippen molar-refractivity contribution in [2.75, 3.05) is 0 Å². The summed E-state index contributed by atoms with van der Waals surface area (Å²) in [4.78, 5) is 4.78. The van der Waals surface area contributed by atoms with Gasteiger partial charge >= 0.3 is 0 Å². The average Bonchev–Trinajstić information content (AvgIpc) is 2.85. The zero-order chi connectivity index (χ0) is 13.9. The molecule has 0 radical (unpaired) electrons. The van der Waals surface area contributed by atoms with Crippen LogP contribution in [0.15, 0.2) is 53.5 Å². The Morgan fingerprint density at radius 1 is 1.05 bits per heavy atom. The fourth-order valence-electron chi connectivity index (χ4n) is 3.08. The lowest BCUT2D eigenvalue weighted by Crippen LogP contribution is -2.02. The van der Waals surface area contributed by atoms with Crippen LogP contribution in [0.25, 0.3) is 0 Å². The fraction of sp³-hybridized carbons (Fsp3) is 0.316. The molecule has 1 aliphatic rings. The van der Waals surface area contributed by atoms with E-state index >= 15 is 0 Å². The van der Waals surface area contributed by atoms with E-state index < -0.39 is 0 Å². The van der Waals surface area contributed by atoms with Crippen LogP contribution in [0, 0.1) is 5.92 Å². The van der Waals surface area contributed by atoms with Crippen molar-refractivity contribution >= 4 is 5.71 Å². The van der Waals surface area contributed by atoms with Gasteiger partial charge in [0.05, 0.1) is 6.54 Å². The molecule has 0 saturated heterocycles. The van der Waals surface area contributed by atoms with Gasteiger partial charge in [-0.15, -0.1) is 0 Å². The molecule has 20 heavy (non-hydrogen) atoms. The largest absolute Gasteiger partial charge is 0.285 e. The highest BCUT2D eigenvalue weighted by Crippen LogP contribution is 2.29. The van der Waals surface area contributed by atoms with E-state index in [0.717, 1.165) is 12.5 Å². The van der Waals surface area contributed by atoms with Crippen LogP contribution in [0.4, 0.5) is 0 Å². The molecule has 0 bridgehead atoms. The third-order valence-electron chi connectivity index (χ3n) is 4.13. The number of benzene rings is 2. The topological polar surface area (TPSA) is 12.4 Å². The number of nitrogens with zero attached hydrogens (tertiary/aromatic N) is 1. The smallest absolute Gasteiger partial charge is 0.0643 e. The molecule has 3 rings (SSSR count). The summed E-state index contributed by atoms with van der Waals surface area (Å²) >= 11 is 0. The average molecular weight is 263 g/mol. The van der Waals surface area contributed by atoms with Crippen molar-refractivity contribution in [1.82, 2.24) is 0 Å². The third-order valence-corrected chi connectivity index (χ3v) is 4.13. The zero-order valence-corrected chi connectivity index (χ0v) is 12.3. The van der Waals surface area contributed by atoms with Crippen molar-refractivity contribution in [3.8, 4) is 0 Å². The van der Waals surface area contributed by atoms with Gasteiger partial charge in [0.15, 0.2) is 0 Å². The molecule has 0 aliphatic heterocycles. The van der Waals surface area contributed by atoms with Crippen molar-refractivity contribution in [3.05, 3.63) is 70.8 Å². The minimum atomic E-state index is 0.770. The molecular formula is C19H21N. The monoisotopic (exact) mass is 263 g/mol. The number of rotatable bonds is 3. The first-order chi connectivity index (χ1) is 9.74. The van der Waals surface area contributed by atoms with Crippen molar-refractivity contribution in [1.29, 1.82) is 0 Å². The first kappa shape index (κ1) is 13.1. The van der Waals surface area contributed by atoms with Crippen LogP contribution in [0.5, 0.6) is 0 Å². The molecular weight excluding hydrogens is 242 g/mol. The number of fused-ring (bicyclic) bond motifs is 1. The van der Waals surface area contributed by atoms with Crippen molar-refractivity contribution in [2.24, 2.45) is 10.9 Å². The highest BCUT2D eigenvalue weighted by Gasteiger charge is 2.20. The maximum atomic E-state index is 4.78. The van der Waals surface area contributed by atoms with E-state index in [9.17, 15) is 0 Å². The molecule has 0 spiro atoms. The van der Waals surface area contributed by atoms with E-state index in [1.807, 2.05) is 6.07 Å². The lowest BCUT2D eigenvalue weighted by atomic mass is 10.00.